The first kappa shape index (κ1) is 34.7. The Kier molecular flexibility index (Phi) is 35.2. The minimum absolute atomic E-state index is 0. The van der Waals surface area contributed by atoms with Gasteiger partial charge in [-0.15, -0.1) is 0 Å². The van der Waals surface area contributed by atoms with Gasteiger partial charge >= 0.3 is 0 Å². The molecule has 28 heavy (non-hydrogen) atoms. The van der Waals surface area contributed by atoms with Crippen LogP contribution in [-0.4, -0.2) is 0 Å². The van der Waals surface area contributed by atoms with Gasteiger partial charge in [0.25, 0.3) is 0 Å². The molecule has 0 aromatic heterocycles. The number of allylic oxidation sites excluding steroid dienone is 5. The van der Waals surface area contributed by atoms with Crippen LogP contribution >= 0.6 is 0 Å². The minimum Gasteiger partial charge on any atom is -0.0955 e. The lowest BCUT2D eigenvalue weighted by atomic mass is 10.0. The molecule has 0 aliphatic heterocycles. The van der Waals surface area contributed by atoms with Gasteiger partial charge in [0.2, 0.25) is 0 Å². The monoisotopic (exact) mass is 394 g/mol. The summed E-state index contributed by atoms with van der Waals surface area (Å²) in [5.41, 5.74) is 3.68. The van der Waals surface area contributed by atoms with Crippen LogP contribution in [0.3, 0.4) is 0 Å². The largest absolute Gasteiger partial charge is 0.0955 e. The van der Waals surface area contributed by atoms with Gasteiger partial charge < -0.3 is 0 Å². The van der Waals surface area contributed by atoms with Crippen molar-refractivity contribution in [1.29, 1.82) is 0 Å². The average Bonchev–Trinajstić information content (AvgIpc) is 2.61. The van der Waals surface area contributed by atoms with Gasteiger partial charge in [-0.1, -0.05) is 148 Å². The van der Waals surface area contributed by atoms with Crippen LogP contribution < -0.4 is 0 Å². The van der Waals surface area contributed by atoms with E-state index in [1.807, 2.05) is 13.8 Å². The molecule has 0 aliphatic carbocycles. The number of rotatable bonds is 15. The number of unbranched alkanes of at least 4 members (excludes halogenated alkanes) is 13. The quantitative estimate of drug-likeness (QED) is 0.191. The average molecular weight is 395 g/mol. The summed E-state index contributed by atoms with van der Waals surface area (Å²) in [5.74, 6) is 0. The molecule has 0 aliphatic rings. The molecule has 0 bridgehead atoms. The Morgan fingerprint density at radius 2 is 0.893 bits per heavy atom. The lowest BCUT2D eigenvalue weighted by Crippen LogP contribution is -1.82. The lowest BCUT2D eigenvalue weighted by molar-refractivity contribution is 0.538. The molecule has 0 unspecified atom stereocenters. The van der Waals surface area contributed by atoms with E-state index in [1.54, 1.807) is 0 Å². The fourth-order valence-corrected chi connectivity index (χ4v) is 3.03. The van der Waals surface area contributed by atoms with Crippen LogP contribution in [0.5, 0.6) is 0 Å². The van der Waals surface area contributed by atoms with E-state index < -0.39 is 0 Å². The third kappa shape index (κ3) is 30.0. The van der Waals surface area contributed by atoms with Crippen LogP contribution in [-0.2, 0) is 0 Å². The molecule has 0 spiro atoms. The van der Waals surface area contributed by atoms with Crippen LogP contribution in [0, 0.1) is 0 Å². The molecule has 0 amide bonds. The standard InChI is InChI=1S/C16H34.C10H16.2CH4/c1-3-5-7-9-11-13-15-16-14-12-10-8-6-4-2;1-6-10(9(4)5)7-8(2)3;;/h3-16H2,1-2H3;6-7H,4H2,1-3,5H3;2*1H4/b;10-6+;;. The van der Waals surface area contributed by atoms with Crippen LogP contribution in [0.25, 0.3) is 0 Å². The molecule has 170 valence electrons. The first-order valence-electron chi connectivity index (χ1n) is 11.5. The Bertz CT molecular complexity index is 338. The van der Waals surface area contributed by atoms with Crippen molar-refractivity contribution in [3.63, 3.8) is 0 Å². The molecular formula is C28H58. The summed E-state index contributed by atoms with van der Waals surface area (Å²) in [6.45, 7) is 16.7. The Balaban J connectivity index is -0.000000210. The van der Waals surface area contributed by atoms with Crippen LogP contribution in [0.15, 0.2) is 35.5 Å². The van der Waals surface area contributed by atoms with Crippen molar-refractivity contribution in [2.24, 2.45) is 0 Å². The van der Waals surface area contributed by atoms with Crippen molar-refractivity contribution < 1.29 is 0 Å². The molecule has 0 rings (SSSR count). The molecule has 0 N–H and O–H groups in total. The molecule has 0 heterocycles. The molecule has 0 saturated carbocycles. The zero-order valence-corrected chi connectivity index (χ0v) is 19.3. The summed E-state index contributed by atoms with van der Waals surface area (Å²) in [6, 6.07) is 0. The molecule has 0 heteroatoms. The Morgan fingerprint density at radius 1 is 0.607 bits per heavy atom. The van der Waals surface area contributed by atoms with Crippen molar-refractivity contribution in [3.8, 4) is 0 Å². The Hall–Kier alpha value is -0.780. The highest BCUT2D eigenvalue weighted by Crippen LogP contribution is 2.12. The van der Waals surface area contributed by atoms with E-state index in [2.05, 4.69) is 46.4 Å². The zero-order valence-electron chi connectivity index (χ0n) is 19.3. The van der Waals surface area contributed by atoms with Gasteiger partial charge in [-0.2, -0.15) is 0 Å². The molecule has 0 nitrogen and oxygen atoms in total. The molecule has 0 radical (unpaired) electrons. The second-order valence-electron chi connectivity index (χ2n) is 7.99. The van der Waals surface area contributed by atoms with Gasteiger partial charge in [0.15, 0.2) is 0 Å². The maximum atomic E-state index is 3.87. The third-order valence-electron chi connectivity index (χ3n) is 4.71. The van der Waals surface area contributed by atoms with Crippen molar-refractivity contribution in [2.45, 2.75) is 146 Å². The topological polar surface area (TPSA) is 0 Å². The van der Waals surface area contributed by atoms with E-state index in [0.29, 0.717) is 0 Å². The van der Waals surface area contributed by atoms with E-state index in [4.69, 9.17) is 0 Å². The van der Waals surface area contributed by atoms with E-state index >= 15 is 0 Å². The summed E-state index contributed by atoms with van der Waals surface area (Å²) in [6.07, 6.45) is 24.6. The summed E-state index contributed by atoms with van der Waals surface area (Å²) in [7, 11) is 0. The molecule has 0 fully saturated rings. The highest BCUT2D eigenvalue weighted by molar-refractivity contribution is 5.37. The van der Waals surface area contributed by atoms with E-state index in [-0.39, 0.29) is 14.9 Å². The molecule has 0 atom stereocenters. The highest BCUT2D eigenvalue weighted by atomic mass is 14.0. The molecular weight excluding hydrogens is 336 g/mol. The third-order valence-corrected chi connectivity index (χ3v) is 4.71. The summed E-state index contributed by atoms with van der Waals surface area (Å²) in [5, 5.41) is 0. The fourth-order valence-electron chi connectivity index (χ4n) is 3.03. The van der Waals surface area contributed by atoms with Gasteiger partial charge in [0.1, 0.15) is 0 Å². The van der Waals surface area contributed by atoms with Gasteiger partial charge in [-0.05, 0) is 33.3 Å². The normalized spacial score (nSPS) is 10.1. The van der Waals surface area contributed by atoms with Gasteiger partial charge in [-0.25, -0.2) is 0 Å². The maximum Gasteiger partial charge on any atom is -0.0277 e. The second-order valence-corrected chi connectivity index (χ2v) is 7.99. The predicted molar refractivity (Wildman–Crippen MR) is 137 cm³/mol. The summed E-state index contributed by atoms with van der Waals surface area (Å²) in [4.78, 5) is 0. The van der Waals surface area contributed by atoms with E-state index in [1.165, 1.54) is 101 Å². The van der Waals surface area contributed by atoms with Crippen LogP contribution in [0.2, 0.25) is 0 Å². The molecule has 0 aromatic rings. The lowest BCUT2D eigenvalue weighted by Gasteiger charge is -2.02. The van der Waals surface area contributed by atoms with Crippen LogP contribution in [0.1, 0.15) is 146 Å². The minimum atomic E-state index is 0. The Labute approximate surface area is 182 Å². The van der Waals surface area contributed by atoms with E-state index in [9.17, 15) is 0 Å². The molecule has 0 saturated heterocycles. The fraction of sp³-hybridized carbons (Fsp3) is 0.786. The summed E-state index contributed by atoms with van der Waals surface area (Å²) >= 11 is 0. The van der Waals surface area contributed by atoms with Gasteiger partial charge in [0, 0.05) is 0 Å². The van der Waals surface area contributed by atoms with Crippen molar-refractivity contribution in [1.82, 2.24) is 0 Å². The smallest absolute Gasteiger partial charge is 0.0277 e. The molecule has 0 aromatic carbocycles. The van der Waals surface area contributed by atoms with E-state index in [0.717, 1.165) is 5.57 Å². The van der Waals surface area contributed by atoms with Gasteiger partial charge in [0.05, 0.1) is 0 Å². The van der Waals surface area contributed by atoms with Crippen molar-refractivity contribution in [2.75, 3.05) is 0 Å². The highest BCUT2D eigenvalue weighted by Gasteiger charge is 1.93. The zero-order chi connectivity index (χ0) is 20.0. The van der Waals surface area contributed by atoms with Crippen LogP contribution in [0.4, 0.5) is 0 Å². The first-order valence-corrected chi connectivity index (χ1v) is 11.5. The van der Waals surface area contributed by atoms with Gasteiger partial charge in [-0.3, -0.25) is 0 Å². The number of hydrogen-bond acceptors (Lipinski definition) is 0. The Morgan fingerprint density at radius 3 is 1.04 bits per heavy atom. The predicted octanol–water partition coefficient (Wildman–Crippen LogP) is 11.2. The maximum absolute atomic E-state index is 3.87. The number of hydrogen-bond donors (Lipinski definition) is 0. The van der Waals surface area contributed by atoms with Crippen molar-refractivity contribution in [3.05, 3.63) is 35.5 Å². The second kappa shape index (κ2) is 28.4. The first-order chi connectivity index (χ1) is 12.5. The SMILES string of the molecule is C.C.C=C(C)/C(C=C(C)C)=C/C.CCCCCCCCCCCCCCCC. The van der Waals surface area contributed by atoms with Crippen molar-refractivity contribution >= 4 is 0 Å². The summed E-state index contributed by atoms with van der Waals surface area (Å²) < 4.78 is 0.